The lowest BCUT2D eigenvalue weighted by Gasteiger charge is -2.69. The van der Waals surface area contributed by atoms with Crippen LogP contribution < -0.4 is 10.6 Å². The van der Waals surface area contributed by atoms with Gasteiger partial charge in [-0.2, -0.15) is 0 Å². The number of hydrogen-bond donors (Lipinski definition) is 4. The molecule has 14 heteroatoms. The number of rotatable bonds is 8. The van der Waals surface area contributed by atoms with Crippen LogP contribution in [0.1, 0.15) is 158 Å². The average Bonchev–Trinajstić information content (AvgIpc) is 4.11. The van der Waals surface area contributed by atoms with Crippen molar-refractivity contribution in [2.45, 2.75) is 194 Å². The van der Waals surface area contributed by atoms with E-state index in [0.29, 0.717) is 76.0 Å². The Morgan fingerprint density at radius 1 is 0.559 bits per heavy atom. The summed E-state index contributed by atoms with van der Waals surface area (Å²) in [5.74, 6) is -0.296. The van der Waals surface area contributed by atoms with Gasteiger partial charge in [0.2, 0.25) is 0 Å². The molecule has 10 fully saturated rings. The molecule has 2 aliphatic heterocycles. The molecule has 0 bridgehead atoms. The van der Waals surface area contributed by atoms with Crippen molar-refractivity contribution in [3.05, 3.63) is 12.2 Å². The zero-order valence-electron chi connectivity index (χ0n) is 42.1. The summed E-state index contributed by atoms with van der Waals surface area (Å²) in [6.45, 7) is 19.7. The molecule has 0 radical (unpaired) electrons. The maximum Gasteiger partial charge on any atom is 0.331 e. The number of ether oxygens (including phenoxy) is 2. The molecule has 376 valence electrons. The quantitative estimate of drug-likeness (QED) is 0.113. The Hall–Kier alpha value is -3.20. The Balaban J connectivity index is 0.972. The SMILES string of the molecule is CC1(C)/C(=N/O[C@@H]2CCNC2)CC[C@]2(C)[C@@H]3CC[C@]4(C)C(=O)CC[C@H]4[C@@H]3CC(O)C12OC(=O)/C=C/C(=O)OC12C(O)C[C@@H]3[C@@H](CC[C@]4(C)C(=O)CC[C@@H]34)[C@@]1(C)CC/C(=N\O[C@@H]1CCNC1)C2(C)C. The highest BCUT2D eigenvalue weighted by molar-refractivity contribution is 5.96. The first-order chi connectivity index (χ1) is 32.1. The molecule has 16 atom stereocenters. The first-order valence-corrected chi connectivity index (χ1v) is 26.6. The second kappa shape index (κ2) is 16.7. The maximum atomic E-state index is 14.7. The Morgan fingerprint density at radius 3 is 1.32 bits per heavy atom. The van der Waals surface area contributed by atoms with E-state index in [1.165, 1.54) is 0 Å². The van der Waals surface area contributed by atoms with E-state index in [-0.39, 0.29) is 47.7 Å². The first-order valence-electron chi connectivity index (χ1n) is 26.6. The molecule has 0 aromatic rings. The molecule has 0 aromatic carbocycles. The highest BCUT2D eigenvalue weighted by Gasteiger charge is 2.77. The van der Waals surface area contributed by atoms with Crippen molar-refractivity contribution in [2.24, 2.45) is 78.3 Å². The summed E-state index contributed by atoms with van der Waals surface area (Å²) in [6, 6.07) is 0. The predicted octanol–water partition coefficient (Wildman–Crippen LogP) is 6.78. The Morgan fingerprint density at radius 2 is 0.956 bits per heavy atom. The molecule has 4 N–H and O–H groups in total. The highest BCUT2D eigenvalue weighted by atomic mass is 16.6. The van der Waals surface area contributed by atoms with Gasteiger partial charge < -0.3 is 40.0 Å². The van der Waals surface area contributed by atoms with Crippen LogP contribution in [0.2, 0.25) is 0 Å². The minimum absolute atomic E-state index is 0.0732. The van der Waals surface area contributed by atoms with Gasteiger partial charge in [0, 0.05) is 83.4 Å². The molecule has 14 nitrogen and oxygen atoms in total. The molecule has 0 spiro atoms. The van der Waals surface area contributed by atoms with Gasteiger partial charge in [-0.3, -0.25) is 9.59 Å². The van der Waals surface area contributed by atoms with Crippen molar-refractivity contribution < 1.29 is 48.5 Å². The standard InChI is InChI=1S/C54H80N4O10/c1-47(2)39(57-67-31-19-25-55-29-31)17-23-51(7)37-15-21-49(5)35(9-11-41(49)59)33(37)27-43(61)53(47,51)65-45(63)13-14-46(64)66-54-44(62)28-34-36-10-12-42(60)50(36,6)22-16-38(34)52(54,8)24-18-40(48(54,3)4)58-68-32-20-26-56-30-32/h13-14,31-38,43-44,55-56,61-62H,9-12,15-30H2,1-8H3/b14-13+,57-39+,58-40+/t31-,32-,33+,34+,35+,36+,37-,38-,43?,44?,49+,50+,51-,52-,53?,54?/m1/s1. The average molecular weight is 945 g/mol. The van der Waals surface area contributed by atoms with E-state index in [9.17, 15) is 29.4 Å². The third-order valence-electron chi connectivity index (χ3n) is 22.2. The molecule has 0 aromatic heterocycles. The van der Waals surface area contributed by atoms with Crippen LogP contribution in [0.15, 0.2) is 22.5 Å². The largest absolute Gasteiger partial charge is 0.452 e. The van der Waals surface area contributed by atoms with Gasteiger partial charge in [0.1, 0.15) is 23.8 Å². The van der Waals surface area contributed by atoms with Gasteiger partial charge >= 0.3 is 11.9 Å². The molecule has 0 amide bonds. The number of nitrogens with zero attached hydrogens (tertiary/aromatic N) is 2. The van der Waals surface area contributed by atoms with Crippen molar-refractivity contribution in [1.29, 1.82) is 0 Å². The van der Waals surface area contributed by atoms with Gasteiger partial charge in [0.05, 0.1) is 23.6 Å². The van der Waals surface area contributed by atoms with Gasteiger partial charge in [-0.1, -0.05) is 65.7 Å². The molecular formula is C54H80N4O10. The van der Waals surface area contributed by atoms with Crippen molar-refractivity contribution >= 4 is 34.9 Å². The minimum Gasteiger partial charge on any atom is -0.452 e. The second-order valence-corrected chi connectivity index (χ2v) is 25.3. The number of aliphatic hydroxyl groups is 2. The Labute approximate surface area is 403 Å². The molecule has 8 saturated carbocycles. The molecule has 2 heterocycles. The fourth-order valence-corrected chi connectivity index (χ4v) is 18.5. The summed E-state index contributed by atoms with van der Waals surface area (Å²) in [7, 11) is 0. The molecule has 68 heavy (non-hydrogen) atoms. The van der Waals surface area contributed by atoms with Gasteiger partial charge in [-0.15, -0.1) is 0 Å². The Bertz CT molecular complexity index is 2010. The zero-order chi connectivity index (χ0) is 48.5. The van der Waals surface area contributed by atoms with Gasteiger partial charge in [-0.25, -0.2) is 9.59 Å². The van der Waals surface area contributed by atoms with Gasteiger partial charge in [0.15, 0.2) is 11.2 Å². The van der Waals surface area contributed by atoms with Crippen LogP contribution in [0.3, 0.4) is 0 Å². The number of fused-ring (bicyclic) bond motifs is 10. The highest BCUT2D eigenvalue weighted by Crippen LogP contribution is 2.72. The number of carbonyl (C=O) groups is 4. The fourth-order valence-electron chi connectivity index (χ4n) is 18.5. The van der Waals surface area contributed by atoms with Crippen LogP contribution in [0.4, 0.5) is 0 Å². The number of carbonyl (C=O) groups excluding carboxylic acids is 4. The van der Waals surface area contributed by atoms with Crippen LogP contribution in [-0.2, 0) is 38.3 Å². The lowest BCUT2D eigenvalue weighted by atomic mass is 9.38. The predicted molar refractivity (Wildman–Crippen MR) is 254 cm³/mol. The van der Waals surface area contributed by atoms with Crippen molar-refractivity contribution in [2.75, 3.05) is 26.2 Å². The van der Waals surface area contributed by atoms with Crippen molar-refractivity contribution in [1.82, 2.24) is 10.6 Å². The lowest BCUT2D eigenvalue weighted by molar-refractivity contribution is -0.282. The first kappa shape index (κ1) is 48.4. The Kier molecular flexibility index (Phi) is 11.9. The normalized spacial score (nSPS) is 49.1. The fraction of sp³-hybridized carbons (Fsp3) is 0.852. The van der Waals surface area contributed by atoms with E-state index in [2.05, 4.69) is 38.3 Å². The van der Waals surface area contributed by atoms with Crippen molar-refractivity contribution in [3.8, 4) is 0 Å². The minimum atomic E-state index is -1.45. The summed E-state index contributed by atoms with van der Waals surface area (Å²) in [5.41, 5.74) is -5.63. The topological polar surface area (TPSA) is 194 Å². The summed E-state index contributed by atoms with van der Waals surface area (Å²) >= 11 is 0. The van der Waals surface area contributed by atoms with Crippen LogP contribution in [-0.4, -0.2) is 107 Å². The van der Waals surface area contributed by atoms with E-state index >= 15 is 0 Å². The smallest absolute Gasteiger partial charge is 0.331 e. The number of ketones is 2. The number of esters is 2. The van der Waals surface area contributed by atoms with Crippen LogP contribution in [0, 0.1) is 68.0 Å². The number of aliphatic hydroxyl groups excluding tert-OH is 2. The molecule has 10 rings (SSSR count). The maximum absolute atomic E-state index is 14.7. The molecular weight excluding hydrogens is 865 g/mol. The number of Topliss-reactive ketones (excluding diaryl/α,β-unsaturated/α-hetero) is 2. The summed E-state index contributed by atoms with van der Waals surface area (Å²) in [6.07, 6.45) is 10.6. The number of hydrogen-bond acceptors (Lipinski definition) is 14. The summed E-state index contributed by atoms with van der Waals surface area (Å²) < 4.78 is 13.7. The van der Waals surface area contributed by atoms with Crippen molar-refractivity contribution in [3.63, 3.8) is 0 Å². The molecule has 8 aliphatic carbocycles. The zero-order valence-corrected chi connectivity index (χ0v) is 42.1. The van der Waals surface area contributed by atoms with Gasteiger partial charge in [0.25, 0.3) is 0 Å². The lowest BCUT2D eigenvalue weighted by Crippen LogP contribution is -2.76. The summed E-state index contributed by atoms with van der Waals surface area (Å²) in [4.78, 5) is 68.4. The monoisotopic (exact) mass is 945 g/mol. The molecule has 4 unspecified atom stereocenters. The second-order valence-electron chi connectivity index (χ2n) is 25.3. The van der Waals surface area contributed by atoms with E-state index in [4.69, 9.17) is 29.5 Å². The molecule has 10 aliphatic rings. The number of nitrogens with one attached hydrogen (secondary N) is 2. The third kappa shape index (κ3) is 6.66. The van der Waals surface area contributed by atoms with E-state index in [1.54, 1.807) is 0 Å². The van der Waals surface area contributed by atoms with E-state index in [1.807, 2.05) is 27.7 Å². The third-order valence-corrected chi connectivity index (χ3v) is 22.2. The van der Waals surface area contributed by atoms with Gasteiger partial charge in [-0.05, 0) is 126 Å². The van der Waals surface area contributed by atoms with Crippen LogP contribution in [0.5, 0.6) is 0 Å². The molecule has 2 saturated heterocycles. The van der Waals surface area contributed by atoms with E-state index in [0.717, 1.165) is 88.0 Å². The van der Waals surface area contributed by atoms with Crippen LogP contribution in [0.25, 0.3) is 0 Å². The summed E-state index contributed by atoms with van der Waals surface area (Å²) in [5, 5.41) is 41.8. The van der Waals surface area contributed by atoms with E-state index < -0.39 is 67.8 Å². The number of oxime groups is 2. The van der Waals surface area contributed by atoms with Crippen LogP contribution >= 0.6 is 0 Å².